The standard InChI is InChI=1S/C25H31N5O3/c1-18-15-20(29-13-11-28(2)12-14-29)8-9-22(18)27-25(33)24(32)26-17-19-5-3-6-21(16-19)30-10-4-7-23(30)31/h3,5-6,8-9,15-16H,4,7,10-14,17H2,1-2H3,(H,26,32)(H,27,33). The molecule has 2 N–H and O–H groups in total. The molecule has 4 rings (SSSR count). The van der Waals surface area contributed by atoms with Gasteiger partial charge in [-0.3, -0.25) is 14.4 Å². The van der Waals surface area contributed by atoms with Gasteiger partial charge < -0.3 is 25.3 Å². The SMILES string of the molecule is Cc1cc(N2CCN(C)CC2)ccc1NC(=O)C(=O)NCc1cccc(N2CCCC2=O)c1. The van der Waals surface area contributed by atoms with Gasteiger partial charge in [0.2, 0.25) is 5.91 Å². The Bertz CT molecular complexity index is 1050. The van der Waals surface area contributed by atoms with Gasteiger partial charge >= 0.3 is 11.8 Å². The molecule has 0 bridgehead atoms. The first-order chi connectivity index (χ1) is 15.9. The highest BCUT2D eigenvalue weighted by Gasteiger charge is 2.22. The third kappa shape index (κ3) is 5.51. The van der Waals surface area contributed by atoms with Gasteiger partial charge in [0.25, 0.3) is 0 Å². The molecule has 2 aromatic carbocycles. The lowest BCUT2D eigenvalue weighted by Gasteiger charge is -2.34. The number of carbonyl (C=O) groups excluding carboxylic acids is 3. The number of hydrogen-bond acceptors (Lipinski definition) is 5. The van der Waals surface area contributed by atoms with Crippen LogP contribution in [0.1, 0.15) is 24.0 Å². The Hall–Kier alpha value is -3.39. The molecule has 0 aliphatic carbocycles. The van der Waals surface area contributed by atoms with E-state index < -0.39 is 11.8 Å². The molecule has 0 spiro atoms. The van der Waals surface area contributed by atoms with Gasteiger partial charge in [0.15, 0.2) is 0 Å². The van der Waals surface area contributed by atoms with Gasteiger partial charge in [0, 0.05) is 62.8 Å². The topological polar surface area (TPSA) is 85.0 Å². The van der Waals surface area contributed by atoms with Crippen molar-refractivity contribution >= 4 is 34.8 Å². The van der Waals surface area contributed by atoms with Crippen LogP contribution in [-0.2, 0) is 20.9 Å². The number of carbonyl (C=O) groups is 3. The Morgan fingerprint density at radius 2 is 1.73 bits per heavy atom. The molecule has 3 amide bonds. The van der Waals surface area contributed by atoms with E-state index in [-0.39, 0.29) is 12.5 Å². The second-order valence-corrected chi connectivity index (χ2v) is 8.75. The van der Waals surface area contributed by atoms with E-state index in [1.807, 2.05) is 49.4 Å². The molecule has 2 aliphatic rings. The summed E-state index contributed by atoms with van der Waals surface area (Å²) in [5.41, 5.74) is 4.32. The van der Waals surface area contributed by atoms with E-state index in [2.05, 4.69) is 27.5 Å². The van der Waals surface area contributed by atoms with Crippen molar-refractivity contribution < 1.29 is 14.4 Å². The molecule has 2 heterocycles. The highest BCUT2D eigenvalue weighted by Crippen LogP contribution is 2.24. The first-order valence-corrected chi connectivity index (χ1v) is 11.4. The van der Waals surface area contributed by atoms with Crippen LogP contribution in [0.2, 0.25) is 0 Å². The zero-order valence-electron chi connectivity index (χ0n) is 19.3. The summed E-state index contributed by atoms with van der Waals surface area (Å²) in [7, 11) is 2.12. The lowest BCUT2D eigenvalue weighted by Crippen LogP contribution is -2.44. The van der Waals surface area contributed by atoms with Crippen molar-refractivity contribution in [1.82, 2.24) is 10.2 Å². The Morgan fingerprint density at radius 1 is 0.939 bits per heavy atom. The predicted octanol–water partition coefficient (Wildman–Crippen LogP) is 2.13. The second-order valence-electron chi connectivity index (χ2n) is 8.75. The van der Waals surface area contributed by atoms with Crippen molar-refractivity contribution in [2.45, 2.75) is 26.3 Å². The number of anilines is 3. The van der Waals surface area contributed by atoms with Gasteiger partial charge in [-0.25, -0.2) is 0 Å². The third-order valence-corrected chi connectivity index (χ3v) is 6.28. The molecule has 33 heavy (non-hydrogen) atoms. The van der Waals surface area contributed by atoms with Gasteiger partial charge in [0.05, 0.1) is 0 Å². The first kappa shape index (κ1) is 22.8. The molecule has 0 saturated carbocycles. The van der Waals surface area contributed by atoms with Gasteiger partial charge in [-0.1, -0.05) is 12.1 Å². The third-order valence-electron chi connectivity index (χ3n) is 6.28. The van der Waals surface area contributed by atoms with Crippen molar-refractivity contribution in [1.29, 1.82) is 0 Å². The smallest absolute Gasteiger partial charge is 0.313 e. The fourth-order valence-corrected chi connectivity index (χ4v) is 4.25. The molecule has 0 unspecified atom stereocenters. The molecular formula is C25H31N5O3. The minimum Gasteiger partial charge on any atom is -0.369 e. The molecule has 8 heteroatoms. The van der Waals surface area contributed by atoms with E-state index in [0.717, 1.165) is 55.1 Å². The molecule has 174 valence electrons. The summed E-state index contributed by atoms with van der Waals surface area (Å²) in [6.45, 7) is 6.84. The number of piperazine rings is 1. The normalized spacial score (nSPS) is 16.7. The minimum atomic E-state index is -0.698. The molecule has 8 nitrogen and oxygen atoms in total. The molecule has 2 aromatic rings. The van der Waals surface area contributed by atoms with Crippen molar-refractivity contribution in [3.8, 4) is 0 Å². The van der Waals surface area contributed by atoms with Crippen molar-refractivity contribution in [3.05, 3.63) is 53.6 Å². The van der Waals surface area contributed by atoms with Crippen LogP contribution in [0, 0.1) is 6.92 Å². The molecule has 2 aliphatic heterocycles. The number of benzene rings is 2. The maximum atomic E-state index is 12.4. The van der Waals surface area contributed by atoms with Gasteiger partial charge in [-0.05, 0) is 61.9 Å². The van der Waals surface area contributed by atoms with E-state index in [4.69, 9.17) is 0 Å². The van der Waals surface area contributed by atoms with E-state index >= 15 is 0 Å². The molecule has 2 saturated heterocycles. The molecule has 0 atom stereocenters. The molecular weight excluding hydrogens is 418 g/mol. The van der Waals surface area contributed by atoms with E-state index in [1.54, 1.807) is 4.90 Å². The average Bonchev–Trinajstić information content (AvgIpc) is 3.25. The second kappa shape index (κ2) is 10.0. The highest BCUT2D eigenvalue weighted by atomic mass is 16.2. The summed E-state index contributed by atoms with van der Waals surface area (Å²) in [6, 6.07) is 13.4. The summed E-state index contributed by atoms with van der Waals surface area (Å²) < 4.78 is 0. The largest absolute Gasteiger partial charge is 0.369 e. The molecule has 0 aromatic heterocycles. The Kier molecular flexibility index (Phi) is 6.93. The van der Waals surface area contributed by atoms with Crippen LogP contribution in [-0.4, -0.2) is 62.4 Å². The van der Waals surface area contributed by atoms with Crippen molar-refractivity contribution in [3.63, 3.8) is 0 Å². The maximum absolute atomic E-state index is 12.4. The summed E-state index contributed by atoms with van der Waals surface area (Å²) in [4.78, 5) is 43.2. The van der Waals surface area contributed by atoms with Crippen LogP contribution in [0.25, 0.3) is 0 Å². The number of nitrogens with zero attached hydrogens (tertiary/aromatic N) is 3. The Balaban J connectivity index is 1.32. The number of hydrogen-bond donors (Lipinski definition) is 2. The van der Waals surface area contributed by atoms with Crippen LogP contribution in [0.4, 0.5) is 17.1 Å². The van der Waals surface area contributed by atoms with Crippen LogP contribution >= 0.6 is 0 Å². The van der Waals surface area contributed by atoms with E-state index in [9.17, 15) is 14.4 Å². The summed E-state index contributed by atoms with van der Waals surface area (Å²) >= 11 is 0. The fraction of sp³-hybridized carbons (Fsp3) is 0.400. The number of likely N-dealkylation sites (N-methyl/N-ethyl adjacent to an activating group) is 1. The lowest BCUT2D eigenvalue weighted by atomic mass is 10.1. The summed E-state index contributed by atoms with van der Waals surface area (Å²) in [5, 5.41) is 5.38. The van der Waals surface area contributed by atoms with Crippen LogP contribution in [0.3, 0.4) is 0 Å². The van der Waals surface area contributed by atoms with Gasteiger partial charge in [-0.2, -0.15) is 0 Å². The fourth-order valence-electron chi connectivity index (χ4n) is 4.25. The highest BCUT2D eigenvalue weighted by molar-refractivity contribution is 6.39. The van der Waals surface area contributed by atoms with Crippen LogP contribution < -0.4 is 20.4 Å². The molecule has 0 radical (unpaired) electrons. The lowest BCUT2D eigenvalue weighted by molar-refractivity contribution is -0.136. The Morgan fingerprint density at radius 3 is 2.42 bits per heavy atom. The van der Waals surface area contributed by atoms with E-state index in [0.29, 0.717) is 18.7 Å². The first-order valence-electron chi connectivity index (χ1n) is 11.4. The van der Waals surface area contributed by atoms with Gasteiger partial charge in [0.1, 0.15) is 0 Å². The zero-order valence-corrected chi connectivity index (χ0v) is 19.3. The number of rotatable bonds is 5. The molecule has 2 fully saturated rings. The number of aryl methyl sites for hydroxylation is 1. The van der Waals surface area contributed by atoms with Crippen LogP contribution in [0.5, 0.6) is 0 Å². The average molecular weight is 450 g/mol. The Labute approximate surface area is 194 Å². The summed E-state index contributed by atoms with van der Waals surface area (Å²) in [6.07, 6.45) is 1.42. The summed E-state index contributed by atoms with van der Waals surface area (Å²) in [5.74, 6) is -1.28. The van der Waals surface area contributed by atoms with Crippen LogP contribution in [0.15, 0.2) is 42.5 Å². The monoisotopic (exact) mass is 449 g/mol. The van der Waals surface area contributed by atoms with Crippen molar-refractivity contribution in [2.24, 2.45) is 0 Å². The quantitative estimate of drug-likeness (QED) is 0.683. The zero-order chi connectivity index (χ0) is 23.4. The predicted molar refractivity (Wildman–Crippen MR) is 129 cm³/mol. The number of amides is 3. The van der Waals surface area contributed by atoms with E-state index in [1.165, 1.54) is 0 Å². The minimum absolute atomic E-state index is 0.115. The van der Waals surface area contributed by atoms with Crippen molar-refractivity contribution in [2.75, 3.05) is 54.9 Å². The maximum Gasteiger partial charge on any atom is 0.313 e. The van der Waals surface area contributed by atoms with Gasteiger partial charge in [-0.15, -0.1) is 0 Å². The number of nitrogens with one attached hydrogen (secondary N) is 2.